The third-order valence-electron chi connectivity index (χ3n) is 4.42. The van der Waals surface area contributed by atoms with E-state index in [4.69, 9.17) is 9.47 Å². The molecule has 0 saturated heterocycles. The van der Waals surface area contributed by atoms with Crippen molar-refractivity contribution in [1.82, 2.24) is 0 Å². The van der Waals surface area contributed by atoms with Gasteiger partial charge in [-0.2, -0.15) is 0 Å². The first-order valence-electron chi connectivity index (χ1n) is 8.48. The van der Waals surface area contributed by atoms with Crippen LogP contribution in [0.5, 0.6) is 5.75 Å². The lowest BCUT2D eigenvalue weighted by Crippen LogP contribution is -2.19. The highest BCUT2D eigenvalue weighted by Gasteiger charge is 2.29. The van der Waals surface area contributed by atoms with Gasteiger partial charge in [-0.3, -0.25) is 9.59 Å². The fourth-order valence-electron chi connectivity index (χ4n) is 2.90. The van der Waals surface area contributed by atoms with Crippen LogP contribution in [0.1, 0.15) is 35.8 Å². The Morgan fingerprint density at radius 1 is 1.20 bits per heavy atom. The quantitative estimate of drug-likeness (QED) is 0.654. The molecule has 0 unspecified atom stereocenters. The van der Waals surface area contributed by atoms with E-state index in [2.05, 4.69) is 11.4 Å². The Morgan fingerprint density at radius 3 is 2.76 bits per heavy atom. The highest BCUT2D eigenvalue weighted by molar-refractivity contribution is 7.10. The summed E-state index contributed by atoms with van der Waals surface area (Å²) < 4.78 is 11.1. The number of hydrogen-bond acceptors (Lipinski definition) is 5. The molecular formula is C19H19NO4S. The van der Waals surface area contributed by atoms with Gasteiger partial charge >= 0.3 is 5.97 Å². The predicted molar refractivity (Wildman–Crippen MR) is 94.8 cm³/mol. The van der Waals surface area contributed by atoms with Crippen molar-refractivity contribution in [2.24, 2.45) is 5.92 Å². The predicted octanol–water partition coefficient (Wildman–Crippen LogP) is 3.71. The van der Waals surface area contributed by atoms with Crippen molar-refractivity contribution >= 4 is 28.9 Å². The summed E-state index contributed by atoms with van der Waals surface area (Å²) in [5, 5.41) is 4.89. The fraction of sp³-hybridized carbons (Fsp3) is 0.368. The molecule has 2 heterocycles. The van der Waals surface area contributed by atoms with Gasteiger partial charge < -0.3 is 14.8 Å². The van der Waals surface area contributed by atoms with Crippen molar-refractivity contribution in [1.29, 1.82) is 0 Å². The standard InChI is InChI=1S/C19H19NO4S/c21-17(11-16-18-12(7-9-23-16)8-10-25-18)24-15-5-3-14(4-6-15)20-19(22)13-1-2-13/h3-6,8,10,13,16H,1-2,7,9,11H2,(H,20,22)/t16-/m1/s1. The molecule has 1 fully saturated rings. The molecule has 5 nitrogen and oxygen atoms in total. The van der Waals surface area contributed by atoms with Gasteiger partial charge in [-0.1, -0.05) is 0 Å². The molecule has 1 aliphatic heterocycles. The Balaban J connectivity index is 1.33. The molecule has 0 spiro atoms. The number of ether oxygens (including phenoxy) is 2. The molecule has 1 aliphatic carbocycles. The van der Waals surface area contributed by atoms with Gasteiger partial charge in [0.15, 0.2) is 0 Å². The second-order valence-corrected chi connectivity index (χ2v) is 7.33. The van der Waals surface area contributed by atoms with E-state index in [1.165, 1.54) is 5.56 Å². The van der Waals surface area contributed by atoms with Gasteiger partial charge in [0.1, 0.15) is 11.9 Å². The third-order valence-corrected chi connectivity index (χ3v) is 5.47. The minimum absolute atomic E-state index is 0.0611. The minimum Gasteiger partial charge on any atom is -0.426 e. The summed E-state index contributed by atoms with van der Waals surface area (Å²) >= 11 is 1.62. The molecule has 1 atom stereocenters. The van der Waals surface area contributed by atoms with Gasteiger partial charge in [0, 0.05) is 16.5 Å². The molecule has 0 bridgehead atoms. The zero-order valence-electron chi connectivity index (χ0n) is 13.7. The van der Waals surface area contributed by atoms with E-state index in [0.29, 0.717) is 12.4 Å². The second-order valence-electron chi connectivity index (χ2n) is 6.39. The van der Waals surface area contributed by atoms with Crippen molar-refractivity contribution in [2.45, 2.75) is 31.8 Å². The number of nitrogens with one attached hydrogen (secondary N) is 1. The molecule has 25 heavy (non-hydrogen) atoms. The van der Waals surface area contributed by atoms with Crippen LogP contribution < -0.4 is 10.1 Å². The Bertz CT molecular complexity index is 779. The minimum atomic E-state index is -0.319. The number of carbonyl (C=O) groups is 2. The lowest BCUT2D eigenvalue weighted by Gasteiger charge is -2.22. The average Bonchev–Trinajstić information content (AvgIpc) is 3.34. The van der Waals surface area contributed by atoms with Crippen LogP contribution >= 0.6 is 11.3 Å². The van der Waals surface area contributed by atoms with Gasteiger partial charge in [0.05, 0.1) is 13.0 Å². The summed E-state index contributed by atoms with van der Waals surface area (Å²) in [5.74, 6) is 0.374. The van der Waals surface area contributed by atoms with Crippen LogP contribution in [-0.2, 0) is 20.7 Å². The molecule has 1 aromatic heterocycles. The first-order chi connectivity index (χ1) is 12.2. The van der Waals surface area contributed by atoms with E-state index < -0.39 is 0 Å². The molecule has 1 N–H and O–H groups in total. The topological polar surface area (TPSA) is 64.6 Å². The number of carbonyl (C=O) groups excluding carboxylic acids is 2. The molecule has 2 aromatic rings. The Morgan fingerprint density at radius 2 is 2.00 bits per heavy atom. The molecular weight excluding hydrogens is 338 g/mol. The number of hydrogen-bond donors (Lipinski definition) is 1. The number of anilines is 1. The molecule has 130 valence electrons. The van der Waals surface area contributed by atoms with Crippen molar-refractivity contribution in [3.05, 3.63) is 46.2 Å². The smallest absolute Gasteiger partial charge is 0.314 e. The largest absolute Gasteiger partial charge is 0.426 e. The van der Waals surface area contributed by atoms with Gasteiger partial charge in [0.2, 0.25) is 5.91 Å². The SMILES string of the molecule is O=C(C[C@H]1OCCc2ccsc21)Oc1ccc(NC(=O)C2CC2)cc1. The summed E-state index contributed by atoms with van der Waals surface area (Å²) in [7, 11) is 0. The summed E-state index contributed by atoms with van der Waals surface area (Å²) in [6.07, 6.45) is 2.83. The molecule has 1 amide bonds. The lowest BCUT2D eigenvalue weighted by atomic mass is 10.1. The van der Waals surface area contributed by atoms with Crippen molar-refractivity contribution in [3.63, 3.8) is 0 Å². The monoisotopic (exact) mass is 357 g/mol. The van der Waals surface area contributed by atoms with E-state index in [1.807, 2.05) is 5.38 Å². The van der Waals surface area contributed by atoms with Crippen molar-refractivity contribution in [2.75, 3.05) is 11.9 Å². The second kappa shape index (κ2) is 6.98. The van der Waals surface area contributed by atoms with Gasteiger partial charge in [-0.25, -0.2) is 0 Å². The van der Waals surface area contributed by atoms with E-state index in [0.717, 1.165) is 29.8 Å². The van der Waals surface area contributed by atoms with Crippen LogP contribution in [0, 0.1) is 5.92 Å². The summed E-state index contributed by atoms with van der Waals surface area (Å²) in [6, 6.07) is 8.97. The maximum atomic E-state index is 12.2. The summed E-state index contributed by atoms with van der Waals surface area (Å²) in [5.41, 5.74) is 1.99. The summed E-state index contributed by atoms with van der Waals surface area (Å²) in [4.78, 5) is 25.1. The van der Waals surface area contributed by atoms with Crippen LogP contribution in [0.25, 0.3) is 0 Å². The van der Waals surface area contributed by atoms with Crippen molar-refractivity contribution < 1.29 is 19.1 Å². The number of rotatable bonds is 5. The first kappa shape index (κ1) is 16.3. The molecule has 1 saturated carbocycles. The molecule has 0 radical (unpaired) electrons. The molecule has 6 heteroatoms. The lowest BCUT2D eigenvalue weighted by molar-refractivity contribution is -0.137. The highest BCUT2D eigenvalue weighted by atomic mass is 32.1. The Kier molecular flexibility index (Phi) is 4.55. The average molecular weight is 357 g/mol. The number of thiophene rings is 1. The number of benzene rings is 1. The highest BCUT2D eigenvalue weighted by Crippen LogP contribution is 2.34. The summed E-state index contributed by atoms with van der Waals surface area (Å²) in [6.45, 7) is 0.636. The van der Waals surface area contributed by atoms with Crippen LogP contribution in [0.3, 0.4) is 0 Å². The zero-order valence-corrected chi connectivity index (χ0v) is 14.5. The Hall–Kier alpha value is -2.18. The molecule has 2 aliphatic rings. The third kappa shape index (κ3) is 3.91. The zero-order chi connectivity index (χ0) is 17.2. The maximum absolute atomic E-state index is 12.2. The number of fused-ring (bicyclic) bond motifs is 1. The van der Waals surface area contributed by atoms with Gasteiger partial charge in [-0.05, 0) is 60.5 Å². The van der Waals surface area contributed by atoms with Crippen molar-refractivity contribution in [3.8, 4) is 5.75 Å². The molecule has 1 aromatic carbocycles. The first-order valence-corrected chi connectivity index (χ1v) is 9.36. The molecule has 4 rings (SSSR count). The normalized spacial score (nSPS) is 19.1. The number of esters is 1. The van der Waals surface area contributed by atoms with Crippen LogP contribution in [0.15, 0.2) is 35.7 Å². The van der Waals surface area contributed by atoms with Crippen LogP contribution in [-0.4, -0.2) is 18.5 Å². The van der Waals surface area contributed by atoms with Crippen LogP contribution in [0.2, 0.25) is 0 Å². The van der Waals surface area contributed by atoms with E-state index in [9.17, 15) is 9.59 Å². The number of amides is 1. The van der Waals surface area contributed by atoms with E-state index in [-0.39, 0.29) is 30.3 Å². The van der Waals surface area contributed by atoms with Gasteiger partial charge in [0.25, 0.3) is 0 Å². The fourth-order valence-corrected chi connectivity index (χ4v) is 3.90. The maximum Gasteiger partial charge on any atom is 0.314 e. The van der Waals surface area contributed by atoms with Crippen LogP contribution in [0.4, 0.5) is 5.69 Å². The Labute approximate surface area is 150 Å². The van der Waals surface area contributed by atoms with E-state index in [1.54, 1.807) is 35.6 Å². The van der Waals surface area contributed by atoms with Gasteiger partial charge in [-0.15, -0.1) is 11.3 Å². The van der Waals surface area contributed by atoms with E-state index >= 15 is 0 Å².